The second-order valence-corrected chi connectivity index (χ2v) is 13.0. The van der Waals surface area contributed by atoms with Crippen LogP contribution in [0, 0.1) is 53.3 Å². The predicted octanol–water partition coefficient (Wildman–Crippen LogP) is 2.65. The first-order valence-corrected chi connectivity index (χ1v) is 15.2. The molecule has 3 aliphatic carbocycles. The van der Waals surface area contributed by atoms with Crippen LogP contribution in [0.3, 0.4) is 0 Å². The smallest absolute Gasteiger partial charge is 0.259 e. The monoisotopic (exact) mass is 568 g/mol. The molecule has 3 saturated carbocycles. The number of carbonyl (C=O) groups excluding carboxylic acids is 4. The molecule has 2 amide bonds. The van der Waals surface area contributed by atoms with Crippen molar-refractivity contribution in [2.75, 3.05) is 13.7 Å². The van der Waals surface area contributed by atoms with Gasteiger partial charge in [-0.05, 0) is 98.5 Å². The predicted molar refractivity (Wildman–Crippen MR) is 151 cm³/mol. The molecule has 41 heavy (non-hydrogen) atoms. The third-order valence-electron chi connectivity index (χ3n) is 11.0. The van der Waals surface area contributed by atoms with E-state index in [1.807, 2.05) is 19.1 Å². The van der Waals surface area contributed by atoms with Crippen molar-refractivity contribution in [1.29, 1.82) is 0 Å². The van der Waals surface area contributed by atoms with Crippen LogP contribution in [0.1, 0.15) is 52.9 Å². The van der Waals surface area contributed by atoms with Crippen molar-refractivity contribution in [2.24, 2.45) is 53.3 Å². The molecule has 5 aliphatic rings. The van der Waals surface area contributed by atoms with E-state index in [9.17, 15) is 29.4 Å². The number of ether oxygens (including phenoxy) is 1. The second kappa shape index (κ2) is 11.8. The first-order chi connectivity index (χ1) is 19.5. The number of ketones is 2. The van der Waals surface area contributed by atoms with Crippen LogP contribution in [-0.4, -0.2) is 65.5 Å². The Morgan fingerprint density at radius 3 is 2.54 bits per heavy atom. The number of rotatable bonds is 3. The quantitative estimate of drug-likeness (QED) is 0.384. The maximum Gasteiger partial charge on any atom is 0.259 e. The molecule has 0 spiro atoms. The minimum absolute atomic E-state index is 0.0416. The maximum absolute atomic E-state index is 12.9. The summed E-state index contributed by atoms with van der Waals surface area (Å²) in [5.41, 5.74) is -0.223. The van der Waals surface area contributed by atoms with Gasteiger partial charge in [-0.2, -0.15) is 0 Å². The molecule has 1 saturated heterocycles. The van der Waals surface area contributed by atoms with Crippen LogP contribution in [0.5, 0.6) is 0 Å². The molecule has 2 heterocycles. The molecule has 0 aromatic heterocycles. The van der Waals surface area contributed by atoms with Crippen LogP contribution in [0.25, 0.3) is 0 Å². The summed E-state index contributed by atoms with van der Waals surface area (Å²) in [5.74, 6) is -0.802. The Balaban J connectivity index is 1.51. The van der Waals surface area contributed by atoms with Gasteiger partial charge in [0.2, 0.25) is 5.91 Å². The zero-order chi connectivity index (χ0) is 29.6. The van der Waals surface area contributed by atoms with Crippen molar-refractivity contribution in [3.8, 4) is 0 Å². The molecule has 0 aromatic rings. The summed E-state index contributed by atoms with van der Waals surface area (Å²) in [4.78, 5) is 50.5. The van der Waals surface area contributed by atoms with E-state index in [-0.39, 0.29) is 70.4 Å². The maximum atomic E-state index is 12.9. The molecular weight excluding hydrogens is 524 g/mol. The molecule has 5 rings (SSSR count). The zero-order valence-electron chi connectivity index (χ0n) is 24.4. The molecule has 0 aromatic carbocycles. The number of fused-ring (bicyclic) bond motifs is 7. The summed E-state index contributed by atoms with van der Waals surface area (Å²) in [6.07, 6.45) is 8.73. The van der Waals surface area contributed by atoms with Gasteiger partial charge in [-0.1, -0.05) is 26.0 Å². The van der Waals surface area contributed by atoms with E-state index in [1.165, 1.54) is 12.2 Å². The Morgan fingerprint density at radius 2 is 1.83 bits per heavy atom. The van der Waals surface area contributed by atoms with Crippen molar-refractivity contribution in [2.45, 2.75) is 71.1 Å². The molecule has 4 N–H and O–H groups in total. The van der Waals surface area contributed by atoms with Gasteiger partial charge in [-0.15, -0.1) is 0 Å². The van der Waals surface area contributed by atoms with Crippen LogP contribution in [0.2, 0.25) is 0 Å². The first kappa shape index (κ1) is 29.7. The molecule has 12 atom stereocenters. The lowest BCUT2D eigenvalue weighted by Gasteiger charge is -2.48. The fraction of sp³-hybridized carbons (Fsp3) is 0.688. The number of methoxy groups -OCH3 is 1. The zero-order valence-corrected chi connectivity index (χ0v) is 24.4. The van der Waals surface area contributed by atoms with Gasteiger partial charge in [-0.25, -0.2) is 0 Å². The number of allylic oxidation sites excluding steroid dienone is 3. The van der Waals surface area contributed by atoms with Gasteiger partial charge < -0.3 is 25.6 Å². The molecule has 9 heteroatoms. The Kier molecular flexibility index (Phi) is 8.58. The van der Waals surface area contributed by atoms with Crippen LogP contribution in [0.15, 0.2) is 35.6 Å². The van der Waals surface area contributed by atoms with Gasteiger partial charge in [0.25, 0.3) is 5.91 Å². The summed E-state index contributed by atoms with van der Waals surface area (Å²) in [5, 5.41) is 28.2. The lowest BCUT2D eigenvalue weighted by Crippen LogP contribution is -2.54. The molecule has 2 bridgehead atoms. The van der Waals surface area contributed by atoms with Crippen LogP contribution in [-0.2, 0) is 23.9 Å². The third kappa shape index (κ3) is 5.31. The van der Waals surface area contributed by atoms with Gasteiger partial charge in [-0.3, -0.25) is 19.2 Å². The largest absolute Gasteiger partial charge is 0.507 e. The average molecular weight is 569 g/mol. The fourth-order valence-electron chi connectivity index (χ4n) is 9.18. The highest BCUT2D eigenvalue weighted by Gasteiger charge is 2.62. The SMILES string of the molecule is COC1C(O)C2C3CC=CC(=O)NCCCC4NC(=O)C(=C(O)C=CC3CC2C2CC(C)C(C(C)C(C)=O)C21)C4=O. The van der Waals surface area contributed by atoms with Crippen molar-refractivity contribution in [3.63, 3.8) is 0 Å². The van der Waals surface area contributed by atoms with E-state index < -0.39 is 29.9 Å². The number of Topliss-reactive ketones (excluding diaryl/α,β-unsaturated/α-hetero) is 2. The third-order valence-corrected chi connectivity index (χ3v) is 11.0. The van der Waals surface area contributed by atoms with Gasteiger partial charge in [0.05, 0.1) is 18.2 Å². The standard InChI is InChI=1S/C32H44N2O7/c1-15-13-20-21-14-18-10-11-23(36)28-29(38)22(34-32(28)40)8-6-12-33-24(37)9-5-7-19(18)26(21)30(39)31(41-4)27(20)25(15)16(2)17(3)35/h5,9-11,15-16,18-22,25-27,30-31,36,39H,6-8,12-14H2,1-4H3,(H,33,37)(H,34,40). The summed E-state index contributed by atoms with van der Waals surface area (Å²) < 4.78 is 6.01. The van der Waals surface area contributed by atoms with E-state index in [2.05, 4.69) is 17.6 Å². The first-order valence-electron chi connectivity index (χ1n) is 15.2. The van der Waals surface area contributed by atoms with Crippen molar-refractivity contribution in [1.82, 2.24) is 10.6 Å². The van der Waals surface area contributed by atoms with Crippen molar-refractivity contribution < 1.29 is 34.1 Å². The van der Waals surface area contributed by atoms with Gasteiger partial charge >= 0.3 is 0 Å². The molecule has 12 unspecified atom stereocenters. The summed E-state index contributed by atoms with van der Waals surface area (Å²) in [6, 6.07) is -0.719. The molecule has 4 fully saturated rings. The number of nitrogens with one attached hydrogen (secondary N) is 2. The highest BCUT2D eigenvalue weighted by Crippen LogP contribution is 2.62. The van der Waals surface area contributed by atoms with Gasteiger partial charge in [0.15, 0.2) is 5.78 Å². The van der Waals surface area contributed by atoms with E-state index in [1.54, 1.807) is 14.0 Å². The van der Waals surface area contributed by atoms with Gasteiger partial charge in [0, 0.05) is 19.6 Å². The Bertz CT molecular complexity index is 1170. The fourth-order valence-corrected chi connectivity index (χ4v) is 9.18. The highest BCUT2D eigenvalue weighted by molar-refractivity contribution is 6.27. The van der Waals surface area contributed by atoms with Crippen LogP contribution >= 0.6 is 0 Å². The number of amides is 2. The number of hydrogen-bond donors (Lipinski definition) is 4. The number of carbonyl (C=O) groups is 4. The second-order valence-electron chi connectivity index (χ2n) is 13.0. The molecular formula is C32H44N2O7. The van der Waals surface area contributed by atoms with Crippen LogP contribution < -0.4 is 10.6 Å². The molecule has 2 aliphatic heterocycles. The summed E-state index contributed by atoms with van der Waals surface area (Å²) in [6.45, 7) is 6.20. The molecule has 9 nitrogen and oxygen atoms in total. The Labute approximate surface area is 241 Å². The summed E-state index contributed by atoms with van der Waals surface area (Å²) >= 11 is 0. The van der Waals surface area contributed by atoms with E-state index in [0.717, 1.165) is 12.8 Å². The highest BCUT2D eigenvalue weighted by atomic mass is 16.5. The van der Waals surface area contributed by atoms with Gasteiger partial charge in [0.1, 0.15) is 17.1 Å². The number of aliphatic hydroxyl groups excluding tert-OH is 2. The van der Waals surface area contributed by atoms with Crippen LogP contribution in [0.4, 0.5) is 0 Å². The average Bonchev–Trinajstić information content (AvgIpc) is 3.55. The van der Waals surface area contributed by atoms with Crippen molar-refractivity contribution >= 4 is 23.4 Å². The number of aliphatic hydroxyl groups is 2. The molecule has 224 valence electrons. The van der Waals surface area contributed by atoms with E-state index in [0.29, 0.717) is 31.7 Å². The Morgan fingerprint density at radius 1 is 1.10 bits per heavy atom. The lowest BCUT2D eigenvalue weighted by molar-refractivity contribution is -0.150. The number of hydrogen-bond acceptors (Lipinski definition) is 7. The topological polar surface area (TPSA) is 142 Å². The normalized spacial score (nSPS) is 41.9. The minimum Gasteiger partial charge on any atom is -0.507 e. The lowest BCUT2D eigenvalue weighted by atomic mass is 9.61. The Hall–Kier alpha value is -2.78. The van der Waals surface area contributed by atoms with Crippen molar-refractivity contribution in [3.05, 3.63) is 35.6 Å². The minimum atomic E-state index is -0.746. The molecule has 0 radical (unpaired) electrons. The van der Waals surface area contributed by atoms with E-state index >= 15 is 0 Å². The summed E-state index contributed by atoms with van der Waals surface area (Å²) in [7, 11) is 1.64. The van der Waals surface area contributed by atoms with E-state index in [4.69, 9.17) is 4.74 Å².